The molecule has 1 saturated heterocycles. The summed E-state index contributed by atoms with van der Waals surface area (Å²) in [5.74, 6) is 0.446. The molecular weight excluding hydrogens is 451 g/mol. The minimum atomic E-state index is -1.42. The van der Waals surface area contributed by atoms with Gasteiger partial charge >= 0.3 is 0 Å². The second kappa shape index (κ2) is 8.44. The fourth-order valence-electron chi connectivity index (χ4n) is 3.85. The third-order valence-corrected chi connectivity index (χ3v) is 6.49. The van der Waals surface area contributed by atoms with Gasteiger partial charge in [-0.05, 0) is 43.2 Å². The van der Waals surface area contributed by atoms with Crippen molar-refractivity contribution < 1.29 is 19.7 Å². The highest BCUT2D eigenvalue weighted by molar-refractivity contribution is 6.36. The standard InChI is InChI=1S/C21H21Cl3N2O4/c22-12-1-4-16(15(24)9-12)26-8-7-21(29,18(27)10-26)11-30-17-5-3-14(23)20-13(17)2-6-19(28)25-20/h1,3-5,9,18,27,29H,2,6-8,10-11H2,(H,25,28)/t18-,21-/m1/s1. The van der Waals surface area contributed by atoms with Crippen molar-refractivity contribution in [3.8, 4) is 5.75 Å². The van der Waals surface area contributed by atoms with E-state index in [4.69, 9.17) is 39.5 Å². The van der Waals surface area contributed by atoms with Crippen molar-refractivity contribution in [2.75, 3.05) is 29.9 Å². The predicted octanol–water partition coefficient (Wildman–Crippen LogP) is 3.91. The van der Waals surface area contributed by atoms with E-state index < -0.39 is 11.7 Å². The number of amides is 1. The molecule has 0 aromatic heterocycles. The Morgan fingerprint density at radius 3 is 2.70 bits per heavy atom. The fraction of sp³-hybridized carbons (Fsp3) is 0.381. The Morgan fingerprint density at radius 1 is 1.17 bits per heavy atom. The van der Waals surface area contributed by atoms with E-state index in [-0.39, 0.29) is 19.1 Å². The molecule has 2 aliphatic rings. The number of carbonyl (C=O) groups is 1. The van der Waals surface area contributed by atoms with Crippen molar-refractivity contribution in [1.29, 1.82) is 0 Å². The summed E-state index contributed by atoms with van der Waals surface area (Å²) in [7, 11) is 0. The summed E-state index contributed by atoms with van der Waals surface area (Å²) < 4.78 is 5.91. The monoisotopic (exact) mass is 470 g/mol. The lowest BCUT2D eigenvalue weighted by atomic mass is 9.89. The van der Waals surface area contributed by atoms with Crippen LogP contribution in [0.5, 0.6) is 5.75 Å². The van der Waals surface area contributed by atoms with Gasteiger partial charge in [0.1, 0.15) is 24.1 Å². The number of hydrogen-bond acceptors (Lipinski definition) is 5. The quantitative estimate of drug-likeness (QED) is 0.630. The molecule has 2 heterocycles. The summed E-state index contributed by atoms with van der Waals surface area (Å²) in [6.07, 6.45) is 0.0920. The van der Waals surface area contributed by atoms with Crippen molar-refractivity contribution in [3.63, 3.8) is 0 Å². The molecular formula is C21H21Cl3N2O4. The molecule has 0 bridgehead atoms. The molecule has 4 rings (SSSR count). The zero-order valence-electron chi connectivity index (χ0n) is 16.0. The molecule has 0 spiro atoms. The van der Waals surface area contributed by atoms with Gasteiger partial charge in [-0.3, -0.25) is 4.79 Å². The number of fused-ring (bicyclic) bond motifs is 1. The highest BCUT2D eigenvalue weighted by Gasteiger charge is 2.42. The lowest BCUT2D eigenvalue weighted by Crippen LogP contribution is -2.58. The van der Waals surface area contributed by atoms with Crippen LogP contribution in [0.2, 0.25) is 15.1 Å². The molecule has 3 N–H and O–H groups in total. The first kappa shape index (κ1) is 21.5. The first-order valence-electron chi connectivity index (χ1n) is 9.61. The number of piperidine rings is 1. The third kappa shape index (κ3) is 4.20. The van der Waals surface area contributed by atoms with Gasteiger partial charge < -0.3 is 25.2 Å². The van der Waals surface area contributed by atoms with Crippen molar-refractivity contribution >= 4 is 52.1 Å². The van der Waals surface area contributed by atoms with Crippen LogP contribution in [-0.2, 0) is 11.2 Å². The summed E-state index contributed by atoms with van der Waals surface area (Å²) >= 11 is 18.4. The van der Waals surface area contributed by atoms with E-state index in [1.807, 2.05) is 4.90 Å². The van der Waals surface area contributed by atoms with Gasteiger partial charge in [0, 0.05) is 30.1 Å². The van der Waals surface area contributed by atoms with Crippen LogP contribution in [0, 0.1) is 0 Å². The average Bonchev–Trinajstić information content (AvgIpc) is 2.70. The number of nitrogens with zero attached hydrogens (tertiary/aromatic N) is 1. The maximum absolute atomic E-state index is 11.7. The summed E-state index contributed by atoms with van der Waals surface area (Å²) in [5.41, 5.74) is 0.682. The molecule has 2 aromatic rings. The second-order valence-corrected chi connectivity index (χ2v) is 8.90. The van der Waals surface area contributed by atoms with Crippen molar-refractivity contribution in [2.24, 2.45) is 0 Å². The smallest absolute Gasteiger partial charge is 0.224 e. The Kier molecular flexibility index (Phi) is 6.06. The first-order chi connectivity index (χ1) is 14.3. The first-order valence-corrected chi connectivity index (χ1v) is 10.7. The van der Waals surface area contributed by atoms with Gasteiger partial charge in [0.2, 0.25) is 5.91 Å². The van der Waals surface area contributed by atoms with Crippen LogP contribution in [0.25, 0.3) is 0 Å². The van der Waals surface area contributed by atoms with E-state index in [9.17, 15) is 15.0 Å². The summed E-state index contributed by atoms with van der Waals surface area (Å²) in [4.78, 5) is 13.6. The Balaban J connectivity index is 1.46. The number of β-amino-alcohol motifs (C(OH)–C–C–N with tert-alkyl or cyclic N) is 1. The second-order valence-electron chi connectivity index (χ2n) is 7.65. The summed E-state index contributed by atoms with van der Waals surface area (Å²) in [6, 6.07) is 8.55. The lowest BCUT2D eigenvalue weighted by Gasteiger charge is -2.43. The van der Waals surface area contributed by atoms with E-state index in [1.54, 1.807) is 30.3 Å². The number of rotatable bonds is 4. The molecule has 2 aliphatic heterocycles. The lowest BCUT2D eigenvalue weighted by molar-refractivity contribution is -0.116. The number of carbonyl (C=O) groups excluding carboxylic acids is 1. The van der Waals surface area contributed by atoms with E-state index >= 15 is 0 Å². The Morgan fingerprint density at radius 2 is 1.97 bits per heavy atom. The Bertz CT molecular complexity index is 987. The van der Waals surface area contributed by atoms with Gasteiger partial charge in [-0.1, -0.05) is 34.8 Å². The maximum atomic E-state index is 11.7. The number of hydrogen-bond donors (Lipinski definition) is 3. The van der Waals surface area contributed by atoms with Crippen molar-refractivity contribution in [1.82, 2.24) is 0 Å². The minimum absolute atomic E-state index is 0.0849. The number of nitrogens with one attached hydrogen (secondary N) is 1. The topological polar surface area (TPSA) is 82.0 Å². The number of anilines is 2. The van der Waals surface area contributed by atoms with Gasteiger partial charge in [0.25, 0.3) is 0 Å². The number of aliphatic hydroxyl groups is 2. The SMILES string of the molecule is O=C1CCc2c(OC[C@]3(O)CCN(c4ccc(Cl)cc4Cl)C[C@H]3O)ccc(Cl)c2N1. The molecule has 30 heavy (non-hydrogen) atoms. The number of halogens is 3. The summed E-state index contributed by atoms with van der Waals surface area (Å²) in [5, 5.41) is 25.9. The highest BCUT2D eigenvalue weighted by Crippen LogP contribution is 2.38. The molecule has 1 fully saturated rings. The van der Waals surface area contributed by atoms with Crippen LogP contribution in [0.1, 0.15) is 18.4 Å². The highest BCUT2D eigenvalue weighted by atomic mass is 35.5. The largest absolute Gasteiger partial charge is 0.490 e. The van der Waals surface area contributed by atoms with Crippen molar-refractivity contribution in [2.45, 2.75) is 31.0 Å². The molecule has 0 aliphatic carbocycles. The fourth-order valence-corrected chi connectivity index (χ4v) is 4.60. The molecule has 160 valence electrons. The molecule has 1 amide bonds. The van der Waals surface area contributed by atoms with Crippen LogP contribution >= 0.6 is 34.8 Å². The molecule has 0 unspecified atom stereocenters. The third-order valence-electron chi connectivity index (χ3n) is 5.64. The van der Waals surface area contributed by atoms with Crippen LogP contribution in [-0.4, -0.2) is 47.5 Å². The van der Waals surface area contributed by atoms with Crippen LogP contribution in [0.4, 0.5) is 11.4 Å². The molecule has 2 aromatic carbocycles. The minimum Gasteiger partial charge on any atom is -0.490 e. The molecule has 6 nitrogen and oxygen atoms in total. The molecule has 9 heteroatoms. The van der Waals surface area contributed by atoms with Crippen molar-refractivity contribution in [3.05, 3.63) is 51.0 Å². The number of benzene rings is 2. The summed E-state index contributed by atoms with van der Waals surface area (Å²) in [6.45, 7) is 0.613. The Labute approximate surface area is 189 Å². The number of ether oxygens (including phenoxy) is 1. The molecule has 0 saturated carbocycles. The van der Waals surface area contributed by atoms with Gasteiger partial charge in [0.15, 0.2) is 0 Å². The van der Waals surface area contributed by atoms with Crippen LogP contribution < -0.4 is 15.0 Å². The van der Waals surface area contributed by atoms with E-state index in [1.165, 1.54) is 0 Å². The van der Waals surface area contributed by atoms with Gasteiger partial charge in [-0.15, -0.1) is 0 Å². The van der Waals surface area contributed by atoms with E-state index in [0.717, 1.165) is 11.3 Å². The van der Waals surface area contributed by atoms with Gasteiger partial charge in [0.05, 0.1) is 21.4 Å². The average molecular weight is 472 g/mol. The zero-order chi connectivity index (χ0) is 21.5. The van der Waals surface area contributed by atoms with E-state index in [2.05, 4.69) is 5.32 Å². The van der Waals surface area contributed by atoms with Crippen LogP contribution in [0.15, 0.2) is 30.3 Å². The van der Waals surface area contributed by atoms with Gasteiger partial charge in [-0.25, -0.2) is 0 Å². The number of aliphatic hydroxyl groups excluding tert-OH is 1. The van der Waals surface area contributed by atoms with Gasteiger partial charge in [-0.2, -0.15) is 0 Å². The normalized spacial score (nSPS) is 23.7. The van der Waals surface area contributed by atoms with E-state index in [0.29, 0.717) is 52.3 Å². The predicted molar refractivity (Wildman–Crippen MR) is 118 cm³/mol. The molecule has 0 radical (unpaired) electrons. The Hall–Kier alpha value is -1.70. The zero-order valence-corrected chi connectivity index (χ0v) is 18.3. The molecule has 2 atom stereocenters. The maximum Gasteiger partial charge on any atom is 0.224 e. The van der Waals surface area contributed by atoms with Crippen LogP contribution in [0.3, 0.4) is 0 Å².